The highest BCUT2D eigenvalue weighted by molar-refractivity contribution is 6.35. The molecule has 1 aromatic carbocycles. The predicted octanol–water partition coefficient (Wildman–Crippen LogP) is 3.96. The summed E-state index contributed by atoms with van der Waals surface area (Å²) in [4.78, 5) is 2.48. The largest absolute Gasteiger partial charge is 0.309 e. The number of hydrogen-bond donors (Lipinski definition) is 1. The molecule has 0 spiro atoms. The Labute approximate surface area is 126 Å². The summed E-state index contributed by atoms with van der Waals surface area (Å²) < 4.78 is 0. The van der Waals surface area contributed by atoms with Crippen LogP contribution >= 0.6 is 23.2 Å². The first-order valence-corrected chi connectivity index (χ1v) is 7.75. The van der Waals surface area contributed by atoms with E-state index < -0.39 is 0 Å². The highest BCUT2D eigenvalue weighted by Crippen LogP contribution is 2.25. The molecule has 1 saturated heterocycles. The molecule has 4 heteroatoms. The summed E-state index contributed by atoms with van der Waals surface area (Å²) in [7, 11) is 0. The molecule has 1 aliphatic rings. The van der Waals surface area contributed by atoms with Crippen molar-refractivity contribution in [1.29, 1.82) is 0 Å². The molecule has 0 amide bonds. The SMILES string of the molecule is CCC1(CC)CN(Cc2ccc(Cl)cc2Cl)CCN1. The van der Waals surface area contributed by atoms with Crippen molar-refractivity contribution in [3.8, 4) is 0 Å². The van der Waals surface area contributed by atoms with E-state index >= 15 is 0 Å². The molecule has 19 heavy (non-hydrogen) atoms. The standard InChI is InChI=1S/C15H22Cl2N2/c1-3-15(4-2)11-19(8-7-18-15)10-12-5-6-13(16)9-14(12)17/h5-6,9,18H,3-4,7-8,10-11H2,1-2H3. The number of nitrogens with zero attached hydrogens (tertiary/aromatic N) is 1. The van der Waals surface area contributed by atoms with Gasteiger partial charge in [0, 0.05) is 41.8 Å². The molecule has 1 fully saturated rings. The van der Waals surface area contributed by atoms with Gasteiger partial charge in [0.1, 0.15) is 0 Å². The van der Waals surface area contributed by atoms with Gasteiger partial charge >= 0.3 is 0 Å². The maximum atomic E-state index is 6.26. The zero-order valence-electron chi connectivity index (χ0n) is 11.7. The van der Waals surface area contributed by atoms with E-state index in [0.29, 0.717) is 5.02 Å². The Hall–Kier alpha value is -0.280. The number of benzene rings is 1. The Balaban J connectivity index is 2.06. The summed E-state index contributed by atoms with van der Waals surface area (Å²) in [6, 6.07) is 5.78. The highest BCUT2D eigenvalue weighted by atomic mass is 35.5. The van der Waals surface area contributed by atoms with Crippen LogP contribution in [0.25, 0.3) is 0 Å². The molecule has 0 atom stereocenters. The van der Waals surface area contributed by atoms with E-state index in [1.54, 1.807) is 0 Å². The summed E-state index contributed by atoms with van der Waals surface area (Å²) >= 11 is 12.2. The lowest BCUT2D eigenvalue weighted by molar-refractivity contribution is 0.118. The minimum atomic E-state index is 0.261. The van der Waals surface area contributed by atoms with Crippen molar-refractivity contribution in [1.82, 2.24) is 10.2 Å². The van der Waals surface area contributed by atoms with E-state index in [0.717, 1.165) is 49.6 Å². The average Bonchev–Trinajstić information content (AvgIpc) is 2.42. The van der Waals surface area contributed by atoms with Gasteiger partial charge in [0.15, 0.2) is 0 Å². The number of nitrogens with one attached hydrogen (secondary N) is 1. The molecule has 0 radical (unpaired) electrons. The molecular weight excluding hydrogens is 279 g/mol. The van der Waals surface area contributed by atoms with Crippen molar-refractivity contribution in [3.63, 3.8) is 0 Å². The van der Waals surface area contributed by atoms with Crippen LogP contribution in [-0.2, 0) is 6.54 Å². The lowest BCUT2D eigenvalue weighted by atomic mass is 9.90. The fourth-order valence-corrected chi connectivity index (χ4v) is 3.26. The predicted molar refractivity (Wildman–Crippen MR) is 83.1 cm³/mol. The minimum Gasteiger partial charge on any atom is -0.309 e. The number of piperazine rings is 1. The monoisotopic (exact) mass is 300 g/mol. The van der Waals surface area contributed by atoms with Gasteiger partial charge in [-0.3, -0.25) is 4.90 Å². The van der Waals surface area contributed by atoms with Gasteiger partial charge in [-0.1, -0.05) is 43.1 Å². The third kappa shape index (κ3) is 3.63. The van der Waals surface area contributed by atoms with E-state index in [1.807, 2.05) is 18.2 Å². The third-order valence-electron chi connectivity index (χ3n) is 4.22. The van der Waals surface area contributed by atoms with E-state index in [-0.39, 0.29) is 5.54 Å². The molecule has 0 bridgehead atoms. The van der Waals surface area contributed by atoms with Crippen molar-refractivity contribution in [2.24, 2.45) is 0 Å². The Bertz CT molecular complexity index is 430. The van der Waals surface area contributed by atoms with Crippen LogP contribution in [-0.4, -0.2) is 30.1 Å². The average molecular weight is 301 g/mol. The van der Waals surface area contributed by atoms with E-state index in [4.69, 9.17) is 23.2 Å². The molecule has 0 saturated carbocycles. The Morgan fingerprint density at radius 1 is 1.26 bits per heavy atom. The molecule has 0 unspecified atom stereocenters. The van der Waals surface area contributed by atoms with Crippen LogP contribution in [0.5, 0.6) is 0 Å². The van der Waals surface area contributed by atoms with Gasteiger partial charge in [-0.2, -0.15) is 0 Å². The Kier molecular flexibility index (Phi) is 5.13. The van der Waals surface area contributed by atoms with Crippen LogP contribution in [0.2, 0.25) is 10.0 Å². The number of halogens is 2. The molecule has 2 rings (SSSR count). The fourth-order valence-electron chi connectivity index (χ4n) is 2.79. The second-order valence-electron chi connectivity index (χ2n) is 5.36. The lowest BCUT2D eigenvalue weighted by Crippen LogP contribution is -2.59. The molecule has 1 heterocycles. The van der Waals surface area contributed by atoms with Crippen LogP contribution < -0.4 is 5.32 Å². The molecule has 2 nitrogen and oxygen atoms in total. The molecule has 0 aliphatic carbocycles. The topological polar surface area (TPSA) is 15.3 Å². The normalized spacial score (nSPS) is 19.6. The fraction of sp³-hybridized carbons (Fsp3) is 0.600. The first-order valence-electron chi connectivity index (χ1n) is 7.00. The van der Waals surface area contributed by atoms with Gasteiger partial charge in [0.2, 0.25) is 0 Å². The van der Waals surface area contributed by atoms with Crippen LogP contribution in [0.3, 0.4) is 0 Å². The molecular formula is C15H22Cl2N2. The summed E-state index contributed by atoms with van der Waals surface area (Å²) in [5, 5.41) is 5.14. The molecule has 1 aliphatic heterocycles. The van der Waals surface area contributed by atoms with Crippen LogP contribution in [0.15, 0.2) is 18.2 Å². The smallest absolute Gasteiger partial charge is 0.0465 e. The number of rotatable bonds is 4. The van der Waals surface area contributed by atoms with Gasteiger partial charge in [-0.05, 0) is 30.5 Å². The van der Waals surface area contributed by atoms with Gasteiger partial charge in [0.05, 0.1) is 0 Å². The summed E-state index contributed by atoms with van der Waals surface area (Å²) in [5.41, 5.74) is 1.42. The van der Waals surface area contributed by atoms with Crippen molar-refractivity contribution in [2.75, 3.05) is 19.6 Å². The van der Waals surface area contributed by atoms with Gasteiger partial charge in [0.25, 0.3) is 0 Å². The van der Waals surface area contributed by atoms with Crippen molar-refractivity contribution in [3.05, 3.63) is 33.8 Å². The zero-order chi connectivity index (χ0) is 13.9. The summed E-state index contributed by atoms with van der Waals surface area (Å²) in [5.74, 6) is 0. The first-order chi connectivity index (χ1) is 9.08. The van der Waals surface area contributed by atoms with Gasteiger partial charge < -0.3 is 5.32 Å². The van der Waals surface area contributed by atoms with Crippen molar-refractivity contribution < 1.29 is 0 Å². The Morgan fingerprint density at radius 2 is 2.00 bits per heavy atom. The van der Waals surface area contributed by atoms with E-state index in [2.05, 4.69) is 24.1 Å². The molecule has 1 N–H and O–H groups in total. The van der Waals surface area contributed by atoms with E-state index in [1.165, 1.54) is 0 Å². The maximum Gasteiger partial charge on any atom is 0.0465 e. The molecule has 106 valence electrons. The van der Waals surface area contributed by atoms with Crippen molar-refractivity contribution >= 4 is 23.2 Å². The second kappa shape index (κ2) is 6.45. The van der Waals surface area contributed by atoms with E-state index in [9.17, 15) is 0 Å². The highest BCUT2D eigenvalue weighted by Gasteiger charge is 2.31. The molecule has 0 aromatic heterocycles. The van der Waals surface area contributed by atoms with Crippen LogP contribution in [0, 0.1) is 0 Å². The third-order valence-corrected chi connectivity index (χ3v) is 4.80. The summed E-state index contributed by atoms with van der Waals surface area (Å²) in [6.07, 6.45) is 2.32. The quantitative estimate of drug-likeness (QED) is 0.905. The minimum absolute atomic E-state index is 0.261. The number of hydrogen-bond acceptors (Lipinski definition) is 2. The van der Waals surface area contributed by atoms with Gasteiger partial charge in [-0.15, -0.1) is 0 Å². The summed E-state index contributed by atoms with van der Waals surface area (Å²) in [6.45, 7) is 8.62. The first kappa shape index (κ1) is 15.1. The zero-order valence-corrected chi connectivity index (χ0v) is 13.2. The second-order valence-corrected chi connectivity index (χ2v) is 6.20. The Morgan fingerprint density at radius 3 is 2.63 bits per heavy atom. The lowest BCUT2D eigenvalue weighted by Gasteiger charge is -2.43. The van der Waals surface area contributed by atoms with Crippen LogP contribution in [0.1, 0.15) is 32.3 Å². The van der Waals surface area contributed by atoms with Gasteiger partial charge in [-0.25, -0.2) is 0 Å². The maximum absolute atomic E-state index is 6.26. The molecule has 1 aromatic rings. The van der Waals surface area contributed by atoms with Crippen molar-refractivity contribution in [2.45, 2.75) is 38.8 Å². The van der Waals surface area contributed by atoms with Crippen LogP contribution in [0.4, 0.5) is 0 Å².